The average Bonchev–Trinajstić information content (AvgIpc) is 3.17. The molecule has 3 heterocycles. The number of aromatic nitrogens is 5. The van der Waals surface area contributed by atoms with Crippen LogP contribution in [0.15, 0.2) is 69.7 Å². The van der Waals surface area contributed by atoms with Crippen LogP contribution in [0.5, 0.6) is 5.88 Å². The Morgan fingerprint density at radius 2 is 1.86 bits per heavy atom. The Morgan fingerprint density at radius 1 is 1.03 bits per heavy atom. The molecule has 0 bridgehead atoms. The van der Waals surface area contributed by atoms with Crippen LogP contribution < -0.4 is 10.3 Å². The van der Waals surface area contributed by atoms with E-state index >= 15 is 0 Å². The van der Waals surface area contributed by atoms with E-state index in [1.54, 1.807) is 25.4 Å². The van der Waals surface area contributed by atoms with E-state index in [0.717, 1.165) is 5.56 Å². The van der Waals surface area contributed by atoms with Crippen molar-refractivity contribution in [1.82, 2.24) is 24.5 Å². The maximum Gasteiger partial charge on any atom is 0.274 e. The maximum absolute atomic E-state index is 12.8. The third kappa shape index (κ3) is 3.49. The minimum absolute atomic E-state index is 0.0799. The second kappa shape index (κ2) is 7.13. The molecule has 0 saturated heterocycles. The van der Waals surface area contributed by atoms with E-state index in [-0.39, 0.29) is 21.9 Å². The first-order chi connectivity index (χ1) is 13.9. The summed E-state index contributed by atoms with van der Waals surface area (Å²) in [6.45, 7) is 0.238. The van der Waals surface area contributed by atoms with Crippen molar-refractivity contribution in [3.63, 3.8) is 0 Å². The number of ether oxygens (including phenoxy) is 1. The van der Waals surface area contributed by atoms with Gasteiger partial charge in [-0.3, -0.25) is 9.48 Å². The number of sulfone groups is 1. The van der Waals surface area contributed by atoms with Gasteiger partial charge in [-0.05, 0) is 23.8 Å². The van der Waals surface area contributed by atoms with E-state index in [1.807, 2.05) is 0 Å². The van der Waals surface area contributed by atoms with Gasteiger partial charge in [-0.2, -0.15) is 10.2 Å². The largest absolute Gasteiger partial charge is 0.481 e. The fourth-order valence-electron chi connectivity index (χ4n) is 2.92. The van der Waals surface area contributed by atoms with Gasteiger partial charge < -0.3 is 4.74 Å². The number of fused-ring (bicyclic) bond motifs is 1. The average molecular weight is 411 g/mol. The number of methoxy groups -OCH3 is 1. The van der Waals surface area contributed by atoms with E-state index in [9.17, 15) is 13.2 Å². The molecular formula is C19H17N5O4S. The van der Waals surface area contributed by atoms with Crippen LogP contribution in [-0.4, -0.2) is 40.1 Å². The monoisotopic (exact) mass is 411 g/mol. The number of rotatable bonds is 5. The van der Waals surface area contributed by atoms with E-state index < -0.39 is 9.84 Å². The molecule has 0 atom stereocenters. The molecule has 0 fully saturated rings. The highest BCUT2D eigenvalue weighted by Gasteiger charge is 2.20. The Bertz CT molecular complexity index is 1360. The first-order valence-corrected chi connectivity index (χ1v) is 10.1. The molecule has 0 spiro atoms. The number of pyridine rings is 1. The molecule has 9 nitrogen and oxygen atoms in total. The highest BCUT2D eigenvalue weighted by molar-refractivity contribution is 7.91. The Balaban J connectivity index is 1.70. The molecule has 0 unspecified atom stereocenters. The number of hydrogen-bond acceptors (Lipinski definition) is 7. The summed E-state index contributed by atoms with van der Waals surface area (Å²) in [5.74, 6) is 0.481. The minimum atomic E-state index is -3.73. The lowest BCUT2D eigenvalue weighted by Crippen LogP contribution is -2.23. The van der Waals surface area contributed by atoms with Gasteiger partial charge in [0.15, 0.2) is 0 Å². The Morgan fingerprint density at radius 3 is 2.52 bits per heavy atom. The van der Waals surface area contributed by atoms with Crippen LogP contribution in [0.25, 0.3) is 10.8 Å². The van der Waals surface area contributed by atoms with Gasteiger partial charge in [-0.25, -0.2) is 18.1 Å². The summed E-state index contributed by atoms with van der Waals surface area (Å²) >= 11 is 0. The molecule has 4 aromatic rings. The number of aryl methyl sites for hydroxylation is 1. The molecule has 0 amide bonds. The van der Waals surface area contributed by atoms with Crippen LogP contribution in [0.1, 0.15) is 5.56 Å². The first-order valence-electron chi connectivity index (χ1n) is 8.61. The summed E-state index contributed by atoms with van der Waals surface area (Å²) in [4.78, 5) is 17.1. The molecule has 4 rings (SSSR count). The molecule has 0 aliphatic heterocycles. The first kappa shape index (κ1) is 18.8. The summed E-state index contributed by atoms with van der Waals surface area (Å²) in [5, 5.41) is 8.91. The fourth-order valence-corrected chi connectivity index (χ4v) is 4.20. The lowest BCUT2D eigenvalue weighted by molar-refractivity contribution is 0.397. The van der Waals surface area contributed by atoms with Crippen molar-refractivity contribution < 1.29 is 13.2 Å². The predicted octanol–water partition coefficient (Wildman–Crippen LogP) is 1.41. The number of nitrogens with zero attached hydrogens (tertiary/aromatic N) is 5. The number of hydrogen-bond donors (Lipinski definition) is 0. The summed E-state index contributed by atoms with van der Waals surface area (Å²) in [6, 6.07) is 7.88. The Kier molecular flexibility index (Phi) is 4.63. The smallest absolute Gasteiger partial charge is 0.274 e. The van der Waals surface area contributed by atoms with Crippen molar-refractivity contribution in [2.45, 2.75) is 16.3 Å². The third-order valence-corrected chi connectivity index (χ3v) is 6.17. The molecular weight excluding hydrogens is 394 g/mol. The van der Waals surface area contributed by atoms with Gasteiger partial charge in [0, 0.05) is 30.9 Å². The zero-order valence-electron chi connectivity index (χ0n) is 15.7. The molecule has 0 N–H and O–H groups in total. The summed E-state index contributed by atoms with van der Waals surface area (Å²) < 4.78 is 33.3. The molecule has 29 heavy (non-hydrogen) atoms. The van der Waals surface area contributed by atoms with E-state index in [2.05, 4.69) is 15.2 Å². The lowest BCUT2D eigenvalue weighted by Gasteiger charge is -2.08. The minimum Gasteiger partial charge on any atom is -0.481 e. The van der Waals surface area contributed by atoms with Crippen LogP contribution in [0.3, 0.4) is 0 Å². The standard InChI is InChI=1S/C19H17N5O4S/c1-23-12-16(10-21-23)29(26,27)15-4-5-17-14(7-15)9-22-24(19(17)25)11-13-3-6-18(28-2)20-8-13/h3-10,12H,11H2,1-2H3. The molecule has 0 aliphatic rings. The quantitative estimate of drug-likeness (QED) is 0.488. The maximum atomic E-state index is 12.8. The van der Waals surface area contributed by atoms with Crippen LogP contribution in [0.2, 0.25) is 0 Å². The van der Waals surface area contributed by atoms with Crippen molar-refractivity contribution in [3.05, 3.63) is 71.0 Å². The second-order valence-electron chi connectivity index (χ2n) is 6.42. The van der Waals surface area contributed by atoms with Gasteiger partial charge >= 0.3 is 0 Å². The Labute approximate surface area is 166 Å². The van der Waals surface area contributed by atoms with Crippen molar-refractivity contribution in [2.24, 2.45) is 7.05 Å². The second-order valence-corrected chi connectivity index (χ2v) is 8.37. The van der Waals surface area contributed by atoms with Crippen molar-refractivity contribution >= 4 is 20.6 Å². The summed E-state index contributed by atoms with van der Waals surface area (Å²) in [5.41, 5.74) is 0.471. The van der Waals surface area contributed by atoms with E-state index in [4.69, 9.17) is 4.74 Å². The molecule has 1 aromatic carbocycles. The lowest BCUT2D eigenvalue weighted by atomic mass is 10.2. The molecule has 0 aliphatic carbocycles. The molecule has 148 valence electrons. The van der Waals surface area contributed by atoms with Gasteiger partial charge in [0.25, 0.3) is 5.56 Å². The fraction of sp³-hybridized carbons (Fsp3) is 0.158. The molecule has 10 heteroatoms. The van der Waals surface area contributed by atoms with Crippen LogP contribution in [-0.2, 0) is 23.4 Å². The normalized spacial score (nSPS) is 11.7. The SMILES string of the molecule is COc1ccc(Cn2ncc3cc(S(=O)(=O)c4cnn(C)c4)ccc3c2=O)cn1. The van der Waals surface area contributed by atoms with Crippen molar-refractivity contribution in [2.75, 3.05) is 7.11 Å². The Hall–Kier alpha value is -3.53. The zero-order chi connectivity index (χ0) is 20.6. The van der Waals surface area contributed by atoms with Crippen LogP contribution in [0.4, 0.5) is 0 Å². The van der Waals surface area contributed by atoms with Gasteiger partial charge in [0.1, 0.15) is 4.90 Å². The van der Waals surface area contributed by atoms with Crippen molar-refractivity contribution in [1.29, 1.82) is 0 Å². The van der Waals surface area contributed by atoms with Crippen LogP contribution in [0, 0.1) is 0 Å². The topological polar surface area (TPSA) is 109 Å². The zero-order valence-corrected chi connectivity index (χ0v) is 16.5. The third-order valence-electron chi connectivity index (χ3n) is 4.46. The predicted molar refractivity (Wildman–Crippen MR) is 105 cm³/mol. The highest BCUT2D eigenvalue weighted by Crippen LogP contribution is 2.23. The van der Waals surface area contributed by atoms with Crippen LogP contribution >= 0.6 is 0 Å². The van der Waals surface area contributed by atoms with Gasteiger partial charge in [-0.15, -0.1) is 0 Å². The molecule has 3 aromatic heterocycles. The van der Waals surface area contributed by atoms with Crippen molar-refractivity contribution in [3.8, 4) is 5.88 Å². The van der Waals surface area contributed by atoms with E-state index in [1.165, 1.54) is 53.3 Å². The summed E-state index contributed by atoms with van der Waals surface area (Å²) in [7, 11) is -0.557. The van der Waals surface area contributed by atoms with Gasteiger partial charge in [0.2, 0.25) is 15.7 Å². The van der Waals surface area contributed by atoms with E-state index in [0.29, 0.717) is 16.7 Å². The van der Waals surface area contributed by atoms with Gasteiger partial charge in [-0.1, -0.05) is 6.07 Å². The summed E-state index contributed by atoms with van der Waals surface area (Å²) in [6.07, 6.45) is 5.81. The molecule has 0 saturated carbocycles. The van der Waals surface area contributed by atoms with Gasteiger partial charge in [0.05, 0.1) is 36.3 Å². The molecule has 0 radical (unpaired) electrons. The number of benzene rings is 1. The highest BCUT2D eigenvalue weighted by atomic mass is 32.2.